The number of anilines is 3. The number of carbonyl (C=O) groups excluding carboxylic acids is 1. The molecule has 1 saturated heterocycles. The smallest absolute Gasteiger partial charge is 0.223 e. The van der Waals surface area contributed by atoms with Crippen molar-refractivity contribution in [2.75, 3.05) is 23.3 Å². The summed E-state index contributed by atoms with van der Waals surface area (Å²) in [5.74, 6) is 1.81. The molecule has 1 fully saturated rings. The summed E-state index contributed by atoms with van der Waals surface area (Å²) < 4.78 is 0. The zero-order chi connectivity index (χ0) is 20.8. The fourth-order valence-corrected chi connectivity index (χ4v) is 3.58. The van der Waals surface area contributed by atoms with Gasteiger partial charge in [-0.25, -0.2) is 9.97 Å². The molecule has 2 aromatic heterocycles. The molecule has 4 rings (SSSR count). The van der Waals surface area contributed by atoms with E-state index in [-0.39, 0.29) is 11.8 Å². The summed E-state index contributed by atoms with van der Waals surface area (Å²) >= 11 is 0. The zero-order valence-corrected chi connectivity index (χ0v) is 17.1. The first-order chi connectivity index (χ1) is 14.7. The number of benzene rings is 1. The highest BCUT2D eigenvalue weighted by Crippen LogP contribution is 2.24. The third-order valence-corrected chi connectivity index (χ3v) is 5.38. The third kappa shape index (κ3) is 5.11. The van der Waals surface area contributed by atoms with Crippen molar-refractivity contribution in [3.8, 4) is 0 Å². The van der Waals surface area contributed by atoms with E-state index in [4.69, 9.17) is 0 Å². The number of nitrogens with one attached hydrogen (secondary N) is 2. The van der Waals surface area contributed by atoms with E-state index in [9.17, 15) is 4.79 Å². The number of aromatic nitrogens is 3. The number of aryl methyl sites for hydroxylation is 1. The highest BCUT2D eigenvalue weighted by atomic mass is 16.1. The number of pyridine rings is 1. The lowest BCUT2D eigenvalue weighted by molar-refractivity contribution is -0.125. The van der Waals surface area contributed by atoms with Gasteiger partial charge in [0.25, 0.3) is 0 Å². The summed E-state index contributed by atoms with van der Waals surface area (Å²) in [6.07, 6.45) is 6.69. The number of amides is 1. The van der Waals surface area contributed by atoms with E-state index in [0.29, 0.717) is 6.54 Å². The Kier molecular flexibility index (Phi) is 6.17. The molecule has 0 bridgehead atoms. The number of nitrogens with zero attached hydrogens (tertiary/aromatic N) is 4. The molecule has 7 heteroatoms. The van der Waals surface area contributed by atoms with Gasteiger partial charge in [-0.2, -0.15) is 0 Å². The van der Waals surface area contributed by atoms with Gasteiger partial charge in [-0.3, -0.25) is 9.78 Å². The maximum Gasteiger partial charge on any atom is 0.223 e. The van der Waals surface area contributed by atoms with Gasteiger partial charge in [-0.1, -0.05) is 17.7 Å². The zero-order valence-electron chi connectivity index (χ0n) is 17.1. The van der Waals surface area contributed by atoms with Crippen molar-refractivity contribution >= 4 is 23.2 Å². The van der Waals surface area contributed by atoms with Crippen LogP contribution in [0, 0.1) is 12.8 Å². The Bertz CT molecular complexity index is 968. The molecule has 1 aliphatic rings. The second-order valence-corrected chi connectivity index (χ2v) is 7.59. The Morgan fingerprint density at radius 1 is 1.07 bits per heavy atom. The van der Waals surface area contributed by atoms with E-state index in [1.54, 1.807) is 18.7 Å². The molecule has 3 heterocycles. The lowest BCUT2D eigenvalue weighted by Gasteiger charge is -2.32. The standard InChI is InChI=1S/C23H26N6O/c1-17-2-4-20(5-3-17)28-21-14-22(27-16-26-21)29-12-8-19(9-13-29)23(30)25-15-18-6-10-24-11-7-18/h2-7,10-11,14,16,19H,8-9,12-13,15H2,1H3,(H,25,30)(H,26,27,28). The lowest BCUT2D eigenvalue weighted by Crippen LogP contribution is -2.40. The van der Waals surface area contributed by atoms with E-state index in [1.165, 1.54) is 5.56 Å². The van der Waals surface area contributed by atoms with Crippen LogP contribution in [-0.2, 0) is 11.3 Å². The van der Waals surface area contributed by atoms with E-state index in [1.807, 2.05) is 30.3 Å². The molecule has 0 spiro atoms. The normalized spacial score (nSPS) is 14.4. The fraction of sp³-hybridized carbons (Fsp3) is 0.304. The lowest BCUT2D eigenvalue weighted by atomic mass is 9.96. The van der Waals surface area contributed by atoms with Crippen LogP contribution < -0.4 is 15.5 Å². The van der Waals surface area contributed by atoms with Crippen LogP contribution in [0.2, 0.25) is 0 Å². The first-order valence-corrected chi connectivity index (χ1v) is 10.2. The molecule has 2 N–H and O–H groups in total. The number of hydrogen-bond donors (Lipinski definition) is 2. The summed E-state index contributed by atoms with van der Waals surface area (Å²) in [5.41, 5.74) is 3.27. The van der Waals surface area contributed by atoms with Crippen molar-refractivity contribution in [3.05, 3.63) is 72.3 Å². The molecule has 154 valence electrons. The maximum absolute atomic E-state index is 12.5. The van der Waals surface area contributed by atoms with Gasteiger partial charge in [0, 0.05) is 49.7 Å². The summed E-state index contributed by atoms with van der Waals surface area (Å²) in [6, 6.07) is 14.0. The Morgan fingerprint density at radius 2 is 1.80 bits per heavy atom. The predicted molar refractivity (Wildman–Crippen MR) is 118 cm³/mol. The fourth-order valence-electron chi connectivity index (χ4n) is 3.58. The SMILES string of the molecule is Cc1ccc(Nc2cc(N3CCC(C(=O)NCc4ccncc4)CC3)ncn2)cc1. The monoisotopic (exact) mass is 402 g/mol. The summed E-state index contributed by atoms with van der Waals surface area (Å²) in [4.78, 5) is 27.5. The summed E-state index contributed by atoms with van der Waals surface area (Å²) in [5, 5.41) is 6.37. The van der Waals surface area contributed by atoms with Crippen LogP contribution in [0.25, 0.3) is 0 Å². The van der Waals surface area contributed by atoms with Gasteiger partial charge < -0.3 is 15.5 Å². The quantitative estimate of drug-likeness (QED) is 0.657. The van der Waals surface area contributed by atoms with Crippen LogP contribution in [0.3, 0.4) is 0 Å². The summed E-state index contributed by atoms with van der Waals surface area (Å²) in [7, 11) is 0. The molecule has 0 atom stereocenters. The van der Waals surface area contributed by atoms with Crippen LogP contribution in [0.1, 0.15) is 24.0 Å². The number of rotatable bonds is 6. The Labute approximate surface area is 176 Å². The Balaban J connectivity index is 1.30. The minimum atomic E-state index is 0.0371. The van der Waals surface area contributed by atoms with Crippen molar-refractivity contribution in [3.63, 3.8) is 0 Å². The van der Waals surface area contributed by atoms with E-state index in [2.05, 4.69) is 49.5 Å². The van der Waals surface area contributed by atoms with Crippen molar-refractivity contribution in [2.45, 2.75) is 26.3 Å². The average Bonchev–Trinajstić information content (AvgIpc) is 2.80. The van der Waals surface area contributed by atoms with Gasteiger partial charge in [0.15, 0.2) is 0 Å². The largest absolute Gasteiger partial charge is 0.356 e. The van der Waals surface area contributed by atoms with Crippen LogP contribution in [0.4, 0.5) is 17.3 Å². The van der Waals surface area contributed by atoms with Crippen LogP contribution in [0.5, 0.6) is 0 Å². The van der Waals surface area contributed by atoms with Crippen LogP contribution in [0.15, 0.2) is 61.2 Å². The second kappa shape index (κ2) is 9.35. The molecule has 1 aliphatic heterocycles. The molecular weight excluding hydrogens is 376 g/mol. The average molecular weight is 403 g/mol. The van der Waals surface area contributed by atoms with Gasteiger partial charge in [0.1, 0.15) is 18.0 Å². The van der Waals surface area contributed by atoms with Gasteiger partial charge in [0.2, 0.25) is 5.91 Å². The van der Waals surface area contributed by atoms with Crippen LogP contribution in [-0.4, -0.2) is 33.9 Å². The number of piperidine rings is 1. The first-order valence-electron chi connectivity index (χ1n) is 10.2. The van der Waals surface area contributed by atoms with Gasteiger partial charge in [0.05, 0.1) is 0 Å². The molecule has 0 saturated carbocycles. The molecule has 1 amide bonds. The summed E-state index contributed by atoms with van der Waals surface area (Å²) in [6.45, 7) is 4.21. The second-order valence-electron chi connectivity index (χ2n) is 7.59. The van der Waals surface area contributed by atoms with E-state index >= 15 is 0 Å². The molecule has 3 aromatic rings. The maximum atomic E-state index is 12.5. The molecule has 0 radical (unpaired) electrons. The Hall–Kier alpha value is -3.48. The van der Waals surface area contributed by atoms with Gasteiger partial charge in [-0.05, 0) is 49.6 Å². The molecule has 1 aromatic carbocycles. The minimum Gasteiger partial charge on any atom is -0.356 e. The first kappa shape index (κ1) is 19.8. The van der Waals surface area contributed by atoms with Crippen molar-refractivity contribution < 1.29 is 4.79 Å². The topological polar surface area (TPSA) is 83.0 Å². The van der Waals surface area contributed by atoms with E-state index < -0.39 is 0 Å². The number of hydrogen-bond acceptors (Lipinski definition) is 6. The molecule has 7 nitrogen and oxygen atoms in total. The highest BCUT2D eigenvalue weighted by molar-refractivity contribution is 5.79. The minimum absolute atomic E-state index is 0.0371. The van der Waals surface area contributed by atoms with Gasteiger partial charge >= 0.3 is 0 Å². The van der Waals surface area contributed by atoms with E-state index in [0.717, 1.165) is 48.8 Å². The molecule has 30 heavy (non-hydrogen) atoms. The van der Waals surface area contributed by atoms with Gasteiger partial charge in [-0.15, -0.1) is 0 Å². The highest BCUT2D eigenvalue weighted by Gasteiger charge is 2.25. The third-order valence-electron chi connectivity index (χ3n) is 5.38. The van der Waals surface area contributed by atoms with Crippen molar-refractivity contribution in [1.29, 1.82) is 0 Å². The molecular formula is C23H26N6O. The molecule has 0 unspecified atom stereocenters. The molecule has 0 aliphatic carbocycles. The van der Waals surface area contributed by atoms with Crippen molar-refractivity contribution in [2.24, 2.45) is 5.92 Å². The van der Waals surface area contributed by atoms with Crippen LogP contribution >= 0.6 is 0 Å². The Morgan fingerprint density at radius 3 is 2.53 bits per heavy atom. The number of carbonyl (C=O) groups is 1. The van der Waals surface area contributed by atoms with Crippen molar-refractivity contribution in [1.82, 2.24) is 20.3 Å². The predicted octanol–water partition coefficient (Wildman–Crippen LogP) is 3.46.